The lowest BCUT2D eigenvalue weighted by atomic mass is 10.0. The standard InChI is InChI=1S/C17H15BrClN2OS/c18-13-3-7-15(8-4-13)20-11-17(22,21-9-10-23-16(20)21)12-1-5-14(19)6-2-12/h1-8,22H,9-11H2/q+1. The number of nitrogens with zero attached hydrogens (tertiary/aromatic N) is 2. The number of β-amino-alcohol motifs (C(OH)–C–C–N with tert-alkyl or cyclic N) is 1. The largest absolute Gasteiger partial charge is 0.346 e. The molecule has 2 heterocycles. The summed E-state index contributed by atoms with van der Waals surface area (Å²) in [5.74, 6) is 0.984. The van der Waals surface area contributed by atoms with E-state index in [0.717, 1.165) is 33.2 Å². The Morgan fingerprint density at radius 1 is 1.13 bits per heavy atom. The SMILES string of the molecule is OC1(c2ccc(Cl)cc2)CN(c2ccc(Br)cc2)C2=[N+]1CCS2. The highest BCUT2D eigenvalue weighted by Crippen LogP contribution is 2.38. The molecule has 2 aromatic rings. The first-order chi connectivity index (χ1) is 11.1. The maximum Gasteiger partial charge on any atom is 0.316 e. The quantitative estimate of drug-likeness (QED) is 0.761. The van der Waals surface area contributed by atoms with E-state index in [0.29, 0.717) is 11.6 Å². The minimum atomic E-state index is -1.02. The summed E-state index contributed by atoms with van der Waals surface area (Å²) in [4.78, 5) is 2.19. The van der Waals surface area contributed by atoms with Gasteiger partial charge in [0.2, 0.25) is 0 Å². The molecule has 2 aromatic carbocycles. The Morgan fingerprint density at radius 3 is 2.52 bits per heavy atom. The first kappa shape index (κ1) is 15.5. The van der Waals surface area contributed by atoms with Crippen molar-refractivity contribution in [2.75, 3.05) is 23.7 Å². The number of benzene rings is 2. The minimum Gasteiger partial charge on any atom is -0.346 e. The van der Waals surface area contributed by atoms with E-state index < -0.39 is 5.72 Å². The molecule has 0 fully saturated rings. The van der Waals surface area contributed by atoms with Gasteiger partial charge in [0.1, 0.15) is 5.69 Å². The molecule has 3 nitrogen and oxygen atoms in total. The van der Waals surface area contributed by atoms with Crippen LogP contribution in [0.1, 0.15) is 5.56 Å². The van der Waals surface area contributed by atoms with Gasteiger partial charge >= 0.3 is 5.17 Å². The zero-order valence-electron chi connectivity index (χ0n) is 12.2. The van der Waals surface area contributed by atoms with Crippen LogP contribution in [0.5, 0.6) is 0 Å². The first-order valence-corrected chi connectivity index (χ1v) is 9.52. The first-order valence-electron chi connectivity index (χ1n) is 7.37. The van der Waals surface area contributed by atoms with Crippen molar-refractivity contribution in [3.8, 4) is 0 Å². The highest BCUT2D eigenvalue weighted by Gasteiger charge is 2.54. The second kappa shape index (κ2) is 5.81. The monoisotopic (exact) mass is 409 g/mol. The van der Waals surface area contributed by atoms with Crippen LogP contribution in [-0.2, 0) is 5.72 Å². The molecule has 0 saturated heterocycles. The predicted molar refractivity (Wildman–Crippen MR) is 99.4 cm³/mol. The van der Waals surface area contributed by atoms with E-state index in [2.05, 4.69) is 37.5 Å². The van der Waals surface area contributed by atoms with Crippen LogP contribution in [-0.4, -0.2) is 33.7 Å². The number of rotatable bonds is 2. The van der Waals surface area contributed by atoms with Crippen LogP contribution >= 0.6 is 39.3 Å². The van der Waals surface area contributed by atoms with Crippen LogP contribution in [0, 0.1) is 0 Å². The molecule has 0 radical (unpaired) electrons. The summed E-state index contributed by atoms with van der Waals surface area (Å²) >= 11 is 11.3. The second-order valence-electron chi connectivity index (χ2n) is 5.67. The van der Waals surface area contributed by atoms with Crippen molar-refractivity contribution in [1.29, 1.82) is 0 Å². The van der Waals surface area contributed by atoms with Gasteiger partial charge in [0.25, 0.3) is 5.72 Å². The summed E-state index contributed by atoms with van der Waals surface area (Å²) in [6, 6.07) is 15.7. The maximum absolute atomic E-state index is 11.4. The Kier molecular flexibility index (Phi) is 3.92. The Labute approximate surface area is 152 Å². The molecule has 0 saturated carbocycles. The highest BCUT2D eigenvalue weighted by molar-refractivity contribution is 9.10. The third-order valence-electron chi connectivity index (χ3n) is 4.28. The lowest BCUT2D eigenvalue weighted by Gasteiger charge is -2.23. The zero-order valence-corrected chi connectivity index (χ0v) is 15.4. The van der Waals surface area contributed by atoms with Crippen molar-refractivity contribution in [3.63, 3.8) is 0 Å². The molecule has 0 aliphatic carbocycles. The van der Waals surface area contributed by atoms with E-state index in [4.69, 9.17) is 11.6 Å². The molecular weight excluding hydrogens is 396 g/mol. The van der Waals surface area contributed by atoms with Gasteiger partial charge in [-0.2, -0.15) is 0 Å². The molecule has 0 bridgehead atoms. The number of aliphatic hydroxyl groups is 1. The van der Waals surface area contributed by atoms with Crippen molar-refractivity contribution in [2.24, 2.45) is 0 Å². The molecule has 0 amide bonds. The molecule has 118 valence electrons. The lowest BCUT2D eigenvalue weighted by Crippen LogP contribution is -2.41. The molecule has 0 aromatic heterocycles. The Balaban J connectivity index is 1.76. The van der Waals surface area contributed by atoms with Gasteiger partial charge in [-0.25, -0.2) is 9.48 Å². The fourth-order valence-electron chi connectivity index (χ4n) is 3.13. The molecular formula is C17H15BrClN2OS+. The highest BCUT2D eigenvalue weighted by atomic mass is 79.9. The fourth-order valence-corrected chi connectivity index (χ4v) is 4.70. The van der Waals surface area contributed by atoms with Gasteiger partial charge in [-0.1, -0.05) is 39.7 Å². The molecule has 1 unspecified atom stereocenters. The van der Waals surface area contributed by atoms with Crippen molar-refractivity contribution >= 4 is 50.1 Å². The number of hydrogen-bond acceptors (Lipinski definition) is 3. The van der Waals surface area contributed by atoms with Crippen LogP contribution in [0.25, 0.3) is 0 Å². The molecule has 0 spiro atoms. The van der Waals surface area contributed by atoms with Gasteiger partial charge in [-0.15, -0.1) is 0 Å². The topological polar surface area (TPSA) is 26.5 Å². The fraction of sp³-hybridized carbons (Fsp3) is 0.235. The average molecular weight is 411 g/mol. The molecule has 23 heavy (non-hydrogen) atoms. The third kappa shape index (κ3) is 2.60. The van der Waals surface area contributed by atoms with Crippen LogP contribution < -0.4 is 4.90 Å². The number of thioether (sulfide) groups is 1. The van der Waals surface area contributed by atoms with Gasteiger partial charge in [0.05, 0.1) is 6.54 Å². The maximum atomic E-state index is 11.4. The minimum absolute atomic E-state index is 0.512. The predicted octanol–water partition coefficient (Wildman–Crippen LogP) is 3.88. The van der Waals surface area contributed by atoms with Crippen molar-refractivity contribution in [2.45, 2.75) is 5.72 Å². The number of halogens is 2. The van der Waals surface area contributed by atoms with Gasteiger partial charge in [0.15, 0.2) is 6.54 Å². The molecule has 1 N–H and O–H groups in total. The smallest absolute Gasteiger partial charge is 0.316 e. The summed E-state index contributed by atoms with van der Waals surface area (Å²) in [5, 5.41) is 13.2. The molecule has 6 heteroatoms. The molecule has 1 atom stereocenters. The summed E-state index contributed by atoms with van der Waals surface area (Å²) in [7, 11) is 0. The van der Waals surface area contributed by atoms with E-state index in [-0.39, 0.29) is 0 Å². The van der Waals surface area contributed by atoms with Crippen LogP contribution in [0.15, 0.2) is 53.0 Å². The number of anilines is 1. The van der Waals surface area contributed by atoms with Gasteiger partial charge in [-0.05, 0) is 48.2 Å². The molecule has 2 aliphatic rings. The number of hydrogen-bond donors (Lipinski definition) is 1. The van der Waals surface area contributed by atoms with Crippen LogP contribution in [0.4, 0.5) is 5.69 Å². The van der Waals surface area contributed by atoms with E-state index in [1.807, 2.05) is 36.4 Å². The molecule has 2 aliphatic heterocycles. The number of amidine groups is 1. The molecule has 4 rings (SSSR count). The van der Waals surface area contributed by atoms with Crippen molar-refractivity contribution < 1.29 is 9.68 Å². The van der Waals surface area contributed by atoms with Crippen LogP contribution in [0.3, 0.4) is 0 Å². The van der Waals surface area contributed by atoms with E-state index in [9.17, 15) is 5.11 Å². The zero-order chi connectivity index (χ0) is 16.0. The normalized spacial score (nSPS) is 23.5. The Hall–Kier alpha value is -1.01. The Morgan fingerprint density at radius 2 is 1.83 bits per heavy atom. The van der Waals surface area contributed by atoms with Gasteiger partial charge < -0.3 is 5.11 Å². The van der Waals surface area contributed by atoms with E-state index in [1.165, 1.54) is 0 Å². The van der Waals surface area contributed by atoms with Gasteiger partial charge in [0, 0.05) is 20.8 Å². The van der Waals surface area contributed by atoms with E-state index >= 15 is 0 Å². The summed E-state index contributed by atoms with van der Waals surface area (Å²) < 4.78 is 3.15. The summed E-state index contributed by atoms with van der Waals surface area (Å²) in [6.45, 7) is 1.35. The van der Waals surface area contributed by atoms with E-state index in [1.54, 1.807) is 11.8 Å². The van der Waals surface area contributed by atoms with Crippen LogP contribution in [0.2, 0.25) is 5.02 Å². The van der Waals surface area contributed by atoms with Crippen molar-refractivity contribution in [3.05, 3.63) is 63.6 Å². The second-order valence-corrected chi connectivity index (χ2v) is 8.08. The van der Waals surface area contributed by atoms with Gasteiger partial charge in [-0.3, -0.25) is 0 Å². The Bertz CT molecular complexity index is 778. The summed E-state index contributed by atoms with van der Waals surface area (Å²) in [6.07, 6.45) is 0. The average Bonchev–Trinajstić information content (AvgIpc) is 3.13. The summed E-state index contributed by atoms with van der Waals surface area (Å²) in [5.41, 5.74) is 0.949. The lowest BCUT2D eigenvalue weighted by molar-refractivity contribution is -0.650. The third-order valence-corrected chi connectivity index (χ3v) is 6.14. The van der Waals surface area contributed by atoms with Crippen molar-refractivity contribution in [1.82, 2.24) is 0 Å².